The molecule has 2 rings (SSSR count). The highest BCUT2D eigenvalue weighted by molar-refractivity contribution is 6.26. The highest BCUT2D eigenvalue weighted by atomic mass is 35.5. The van der Waals surface area contributed by atoms with Crippen LogP contribution >= 0.6 is 11.6 Å². The first kappa shape index (κ1) is 12.8. The van der Waals surface area contributed by atoms with E-state index in [1.54, 1.807) is 24.9 Å². The molecule has 0 aromatic heterocycles. The number of ether oxygens (including phenoxy) is 1. The molecule has 0 fully saturated rings. The van der Waals surface area contributed by atoms with Gasteiger partial charge in [0.15, 0.2) is 11.5 Å². The average molecular weight is 272 g/mol. The summed E-state index contributed by atoms with van der Waals surface area (Å²) in [5, 5.41) is 19.5. The first-order valence-corrected chi connectivity index (χ1v) is 5.75. The Balaban J connectivity index is 2.50. The van der Waals surface area contributed by atoms with Gasteiger partial charge >= 0.3 is 5.97 Å². The zero-order valence-corrected chi connectivity index (χ0v) is 11.0. The monoisotopic (exact) mass is 271 g/mol. The number of rotatable bonds is 1. The van der Waals surface area contributed by atoms with Gasteiger partial charge in [0.25, 0.3) is 0 Å². The third kappa shape index (κ3) is 1.58. The molecule has 2 atom stereocenters. The van der Waals surface area contributed by atoms with Crippen molar-refractivity contribution in [2.75, 3.05) is 14.2 Å². The van der Waals surface area contributed by atoms with Gasteiger partial charge in [-0.3, -0.25) is 0 Å². The summed E-state index contributed by atoms with van der Waals surface area (Å²) in [4.78, 5) is 12.0. The second-order valence-corrected chi connectivity index (χ2v) is 5.24. The first-order chi connectivity index (χ1) is 8.30. The molecule has 6 heteroatoms. The van der Waals surface area contributed by atoms with Gasteiger partial charge in [-0.15, -0.1) is 11.6 Å². The van der Waals surface area contributed by atoms with Gasteiger partial charge in [0.05, 0.1) is 7.11 Å². The predicted octanol–water partition coefficient (Wildman–Crippen LogP) is 1.83. The Bertz CT molecular complexity index is 504. The van der Waals surface area contributed by atoms with Crippen molar-refractivity contribution in [2.24, 2.45) is 5.92 Å². The molecule has 0 radical (unpaired) electrons. The van der Waals surface area contributed by atoms with Crippen molar-refractivity contribution < 1.29 is 19.7 Å². The molecule has 18 heavy (non-hydrogen) atoms. The van der Waals surface area contributed by atoms with Gasteiger partial charge in [-0.25, -0.2) is 4.79 Å². The summed E-state index contributed by atoms with van der Waals surface area (Å²) in [5.74, 6) is -1.47. The smallest absolute Gasteiger partial charge is 0.354 e. The van der Waals surface area contributed by atoms with Gasteiger partial charge in [-0.05, 0) is 13.0 Å². The van der Waals surface area contributed by atoms with Gasteiger partial charge < -0.3 is 19.8 Å². The van der Waals surface area contributed by atoms with Crippen LogP contribution in [-0.4, -0.2) is 40.1 Å². The van der Waals surface area contributed by atoms with Gasteiger partial charge in [0.2, 0.25) is 0 Å². The van der Waals surface area contributed by atoms with Crippen molar-refractivity contribution in [3.8, 4) is 0 Å². The van der Waals surface area contributed by atoms with Crippen molar-refractivity contribution in [1.29, 1.82) is 0 Å². The molecular formula is C12H14ClNO4. The topological polar surface area (TPSA) is 70.0 Å². The van der Waals surface area contributed by atoms with Gasteiger partial charge in [0, 0.05) is 24.7 Å². The fourth-order valence-electron chi connectivity index (χ4n) is 2.24. The van der Waals surface area contributed by atoms with Crippen LogP contribution in [0.2, 0.25) is 0 Å². The number of hydrogen-bond donors (Lipinski definition) is 2. The summed E-state index contributed by atoms with van der Waals surface area (Å²) >= 11 is 6.26. The molecule has 0 saturated heterocycles. The lowest BCUT2D eigenvalue weighted by molar-refractivity contribution is -0.137. The maximum Gasteiger partial charge on any atom is 0.354 e. The third-order valence-corrected chi connectivity index (χ3v) is 3.77. The number of hydrogen-bond acceptors (Lipinski definition) is 5. The zero-order chi connectivity index (χ0) is 13.7. The van der Waals surface area contributed by atoms with Crippen LogP contribution in [0.25, 0.3) is 0 Å². The minimum atomic E-state index is -1.18. The fraction of sp³-hybridized carbons (Fsp3) is 0.417. The molecule has 2 aliphatic rings. The van der Waals surface area contributed by atoms with Crippen LogP contribution in [0.15, 0.2) is 35.1 Å². The number of alkyl halides is 1. The summed E-state index contributed by atoms with van der Waals surface area (Å²) in [6, 6.07) is 0. The van der Waals surface area contributed by atoms with E-state index < -0.39 is 16.8 Å². The summed E-state index contributed by atoms with van der Waals surface area (Å²) < 4.78 is 4.67. The molecule has 1 aliphatic heterocycles. The third-order valence-electron chi connectivity index (χ3n) is 3.36. The van der Waals surface area contributed by atoms with E-state index in [0.29, 0.717) is 11.4 Å². The normalized spacial score (nSPS) is 30.9. The van der Waals surface area contributed by atoms with E-state index in [9.17, 15) is 15.0 Å². The van der Waals surface area contributed by atoms with Crippen LogP contribution < -0.4 is 0 Å². The number of fused-ring (bicyclic) bond motifs is 1. The summed E-state index contributed by atoms with van der Waals surface area (Å²) in [6.07, 6.45) is 3.03. The van der Waals surface area contributed by atoms with E-state index in [0.717, 1.165) is 0 Å². The average Bonchev–Trinajstić information content (AvgIpc) is 2.65. The number of nitrogens with zero attached hydrogens (tertiary/aromatic N) is 1. The van der Waals surface area contributed by atoms with Crippen LogP contribution in [0.1, 0.15) is 6.92 Å². The Morgan fingerprint density at radius 2 is 2.17 bits per heavy atom. The molecule has 0 aromatic rings. The van der Waals surface area contributed by atoms with Crippen LogP contribution in [-0.2, 0) is 9.53 Å². The highest BCUT2D eigenvalue weighted by Crippen LogP contribution is 2.47. The number of carbonyl (C=O) groups excluding carboxylic acids is 1. The van der Waals surface area contributed by atoms with Crippen LogP contribution in [0.5, 0.6) is 0 Å². The van der Waals surface area contributed by atoms with Gasteiger partial charge in [0.1, 0.15) is 10.6 Å². The molecular weight excluding hydrogens is 258 g/mol. The molecule has 1 heterocycles. The van der Waals surface area contributed by atoms with Gasteiger partial charge in [-0.2, -0.15) is 0 Å². The lowest BCUT2D eigenvalue weighted by Gasteiger charge is -2.33. The van der Waals surface area contributed by atoms with E-state index in [4.69, 9.17) is 11.6 Å². The molecule has 2 unspecified atom stereocenters. The van der Waals surface area contributed by atoms with Crippen molar-refractivity contribution in [2.45, 2.75) is 11.8 Å². The molecule has 0 spiro atoms. The number of likely N-dealkylation sites (N-methyl/N-ethyl adjacent to an activating group) is 1. The van der Waals surface area contributed by atoms with Crippen molar-refractivity contribution >= 4 is 17.6 Å². The van der Waals surface area contributed by atoms with Crippen molar-refractivity contribution in [1.82, 2.24) is 4.90 Å². The maximum absolute atomic E-state index is 11.6. The standard InChI is InChI=1S/C12H14ClNO4/c1-12(13)6-4-8(11(17)18-3)14(2)7(6)5-9(15)10(12)16/h4-6,15-16H,1-3H3. The molecule has 0 bridgehead atoms. The van der Waals surface area contributed by atoms with Gasteiger partial charge in [-0.1, -0.05) is 0 Å². The zero-order valence-electron chi connectivity index (χ0n) is 10.3. The van der Waals surface area contributed by atoms with E-state index in [2.05, 4.69) is 4.74 Å². The summed E-state index contributed by atoms with van der Waals surface area (Å²) in [7, 11) is 2.97. The minimum absolute atomic E-state index is 0.287. The number of halogens is 1. The number of aliphatic hydroxyl groups is 2. The van der Waals surface area contributed by atoms with E-state index in [1.165, 1.54) is 13.2 Å². The Labute approximate surface area is 110 Å². The van der Waals surface area contributed by atoms with E-state index in [-0.39, 0.29) is 11.5 Å². The molecule has 0 aromatic carbocycles. The predicted molar refractivity (Wildman–Crippen MR) is 66.0 cm³/mol. The maximum atomic E-state index is 11.6. The quantitative estimate of drug-likeness (QED) is 0.562. The second-order valence-electron chi connectivity index (χ2n) is 4.46. The largest absolute Gasteiger partial charge is 0.507 e. The Morgan fingerprint density at radius 1 is 1.56 bits per heavy atom. The van der Waals surface area contributed by atoms with Crippen molar-refractivity contribution in [3.63, 3.8) is 0 Å². The molecule has 98 valence electrons. The highest BCUT2D eigenvalue weighted by Gasteiger charge is 2.47. The minimum Gasteiger partial charge on any atom is -0.507 e. The molecule has 1 aliphatic carbocycles. The van der Waals surface area contributed by atoms with Crippen LogP contribution in [0.3, 0.4) is 0 Å². The van der Waals surface area contributed by atoms with Crippen LogP contribution in [0.4, 0.5) is 0 Å². The SMILES string of the molecule is COC(=O)C1=CC2C(=CC(O)=C(O)C2(C)Cl)N1C. The number of allylic oxidation sites excluding steroid dienone is 3. The van der Waals surface area contributed by atoms with Crippen LogP contribution in [0, 0.1) is 5.92 Å². The van der Waals surface area contributed by atoms with E-state index in [1.807, 2.05) is 0 Å². The Morgan fingerprint density at radius 3 is 2.72 bits per heavy atom. The number of aliphatic hydroxyl groups excluding tert-OH is 2. The molecule has 5 nitrogen and oxygen atoms in total. The number of methoxy groups -OCH3 is 1. The Kier molecular flexibility index (Phi) is 2.81. The lowest BCUT2D eigenvalue weighted by Crippen LogP contribution is -2.35. The second kappa shape index (κ2) is 3.95. The molecule has 2 N–H and O–H groups in total. The Hall–Kier alpha value is -1.62. The van der Waals surface area contributed by atoms with Crippen molar-refractivity contribution in [3.05, 3.63) is 35.1 Å². The lowest BCUT2D eigenvalue weighted by atomic mass is 9.85. The summed E-state index contributed by atoms with van der Waals surface area (Å²) in [6.45, 7) is 1.59. The molecule has 0 saturated carbocycles. The number of carbonyl (C=O) groups is 1. The summed E-state index contributed by atoms with van der Waals surface area (Å²) in [5.41, 5.74) is 0.978. The molecule has 0 amide bonds. The fourth-order valence-corrected chi connectivity index (χ4v) is 2.51. The van der Waals surface area contributed by atoms with E-state index >= 15 is 0 Å². The first-order valence-electron chi connectivity index (χ1n) is 5.37. The number of esters is 1.